The number of rotatable bonds is 5. The van der Waals surface area contributed by atoms with Crippen molar-refractivity contribution >= 4 is 23.2 Å². The largest absolute Gasteiger partial charge is 0.339 e. The highest BCUT2D eigenvalue weighted by Gasteiger charge is 2.59. The first-order chi connectivity index (χ1) is 13.3. The molecule has 148 valence electrons. The number of carbonyl (C=O) groups is 1. The minimum atomic E-state index is -0.136. The Morgan fingerprint density at radius 2 is 2.07 bits per heavy atom. The van der Waals surface area contributed by atoms with Crippen molar-refractivity contribution < 1.29 is 9.32 Å². The van der Waals surface area contributed by atoms with Crippen LogP contribution in [0.1, 0.15) is 52.3 Å². The molecule has 7 heteroatoms. The molecular weight excluding hydrogens is 376 g/mol. The summed E-state index contributed by atoms with van der Waals surface area (Å²) in [6.45, 7) is 6.92. The molecule has 0 radical (unpaired) electrons. The average Bonchev–Trinajstić information content (AvgIpc) is 3.28. The van der Waals surface area contributed by atoms with Crippen molar-refractivity contribution in [3.8, 4) is 11.4 Å². The van der Waals surface area contributed by atoms with Gasteiger partial charge in [-0.2, -0.15) is 10.1 Å². The Kier molecular flexibility index (Phi) is 4.78. The Bertz CT molecular complexity index is 919. The van der Waals surface area contributed by atoms with E-state index in [9.17, 15) is 4.79 Å². The Balaban J connectivity index is 1.33. The van der Waals surface area contributed by atoms with Crippen LogP contribution in [0.2, 0.25) is 5.02 Å². The zero-order valence-electron chi connectivity index (χ0n) is 16.5. The van der Waals surface area contributed by atoms with E-state index in [2.05, 4.69) is 41.4 Å². The van der Waals surface area contributed by atoms with Crippen LogP contribution in [-0.2, 0) is 11.2 Å². The van der Waals surface area contributed by atoms with E-state index in [1.54, 1.807) is 12.1 Å². The molecule has 2 atom stereocenters. The molecule has 2 bridgehead atoms. The van der Waals surface area contributed by atoms with E-state index in [0.717, 1.165) is 24.1 Å². The Hall–Kier alpha value is -2.21. The fraction of sp³-hybridized carbons (Fsp3) is 0.524. The lowest BCUT2D eigenvalue weighted by Crippen LogP contribution is -2.34. The van der Waals surface area contributed by atoms with E-state index in [4.69, 9.17) is 16.1 Å². The van der Waals surface area contributed by atoms with Crippen LogP contribution >= 0.6 is 11.6 Å². The number of nitrogens with one attached hydrogen (secondary N) is 1. The minimum Gasteiger partial charge on any atom is -0.339 e. The smallest absolute Gasteiger partial charge is 0.240 e. The second kappa shape index (κ2) is 6.99. The minimum absolute atomic E-state index is 0.0882. The maximum Gasteiger partial charge on any atom is 0.240 e. The quantitative estimate of drug-likeness (QED) is 0.741. The van der Waals surface area contributed by atoms with Gasteiger partial charge in [0.25, 0.3) is 0 Å². The van der Waals surface area contributed by atoms with Crippen LogP contribution in [0.4, 0.5) is 0 Å². The van der Waals surface area contributed by atoms with Gasteiger partial charge in [0, 0.05) is 34.6 Å². The van der Waals surface area contributed by atoms with Gasteiger partial charge in [-0.1, -0.05) is 37.5 Å². The first-order valence-corrected chi connectivity index (χ1v) is 10.1. The van der Waals surface area contributed by atoms with E-state index in [0.29, 0.717) is 29.1 Å². The van der Waals surface area contributed by atoms with Crippen LogP contribution < -0.4 is 5.43 Å². The summed E-state index contributed by atoms with van der Waals surface area (Å²) >= 11 is 5.89. The summed E-state index contributed by atoms with van der Waals surface area (Å²) in [5, 5.41) is 9.10. The van der Waals surface area contributed by atoms with Gasteiger partial charge < -0.3 is 4.52 Å². The van der Waals surface area contributed by atoms with E-state index in [1.165, 1.54) is 6.42 Å². The molecule has 1 aromatic heterocycles. The molecule has 2 aromatic rings. The van der Waals surface area contributed by atoms with Gasteiger partial charge in [-0.25, -0.2) is 5.43 Å². The number of fused-ring (bicyclic) bond motifs is 2. The maximum atomic E-state index is 12.2. The summed E-state index contributed by atoms with van der Waals surface area (Å²) in [5.74, 6) is 1.45. The predicted octanol–water partition coefficient (Wildman–Crippen LogP) is 4.64. The van der Waals surface area contributed by atoms with Crippen LogP contribution in [0, 0.1) is 16.7 Å². The van der Waals surface area contributed by atoms with Gasteiger partial charge in [0.05, 0.1) is 0 Å². The molecule has 1 aromatic carbocycles. The molecule has 2 aliphatic rings. The third-order valence-electron chi connectivity index (χ3n) is 6.96. The van der Waals surface area contributed by atoms with Crippen molar-refractivity contribution in [2.24, 2.45) is 21.8 Å². The Morgan fingerprint density at radius 1 is 1.32 bits per heavy atom. The van der Waals surface area contributed by atoms with Crippen molar-refractivity contribution in [2.45, 2.75) is 52.9 Å². The second-order valence-corrected chi connectivity index (χ2v) is 9.04. The van der Waals surface area contributed by atoms with Gasteiger partial charge in [0.15, 0.2) is 0 Å². The summed E-state index contributed by atoms with van der Waals surface area (Å²) in [7, 11) is 0. The highest BCUT2D eigenvalue weighted by atomic mass is 35.5. The van der Waals surface area contributed by atoms with Gasteiger partial charge >= 0.3 is 0 Å². The molecular formula is C21H25ClN4O2. The monoisotopic (exact) mass is 400 g/mol. The van der Waals surface area contributed by atoms with Crippen molar-refractivity contribution in [1.82, 2.24) is 15.6 Å². The number of nitrogens with zero attached hydrogens (tertiary/aromatic N) is 3. The summed E-state index contributed by atoms with van der Waals surface area (Å²) in [5.41, 5.74) is 5.02. The maximum absolute atomic E-state index is 12.2. The number of carbonyl (C=O) groups excluding carboxylic acids is 1. The van der Waals surface area contributed by atoms with Gasteiger partial charge in [-0.05, 0) is 54.9 Å². The Morgan fingerprint density at radius 3 is 2.71 bits per heavy atom. The summed E-state index contributed by atoms with van der Waals surface area (Å²) in [4.78, 5) is 16.6. The highest BCUT2D eigenvalue weighted by Crippen LogP contribution is 2.63. The number of hydrogen-bond acceptors (Lipinski definition) is 5. The molecule has 0 spiro atoms. The molecule has 2 fully saturated rings. The van der Waals surface area contributed by atoms with E-state index in [-0.39, 0.29) is 23.2 Å². The third-order valence-corrected chi connectivity index (χ3v) is 7.22. The number of aryl methyl sites for hydroxylation is 1. The van der Waals surface area contributed by atoms with Crippen molar-refractivity contribution in [1.29, 1.82) is 0 Å². The zero-order valence-corrected chi connectivity index (χ0v) is 17.2. The second-order valence-electron chi connectivity index (χ2n) is 8.61. The van der Waals surface area contributed by atoms with Crippen molar-refractivity contribution in [2.75, 3.05) is 0 Å². The molecule has 0 saturated heterocycles. The fourth-order valence-electron chi connectivity index (χ4n) is 4.58. The molecule has 4 rings (SSSR count). The van der Waals surface area contributed by atoms with Gasteiger partial charge in [0.1, 0.15) is 0 Å². The van der Waals surface area contributed by atoms with Crippen molar-refractivity contribution in [3.05, 3.63) is 35.2 Å². The van der Waals surface area contributed by atoms with E-state index in [1.807, 2.05) is 12.1 Å². The van der Waals surface area contributed by atoms with Crippen LogP contribution in [0.3, 0.4) is 0 Å². The SMILES string of the molecule is CC1(C)[C@@H]2CC[C@]1(C)/C(=N/NC(=O)CCc1nc(-c3ccc(Cl)cc3)no1)C2. The molecule has 1 heterocycles. The number of hydrazone groups is 1. The van der Waals surface area contributed by atoms with Gasteiger partial charge in [0.2, 0.25) is 17.6 Å². The zero-order chi connectivity index (χ0) is 19.9. The van der Waals surface area contributed by atoms with Crippen LogP contribution in [0.25, 0.3) is 11.4 Å². The average molecular weight is 401 g/mol. The van der Waals surface area contributed by atoms with Crippen LogP contribution in [0.15, 0.2) is 33.9 Å². The topological polar surface area (TPSA) is 80.4 Å². The number of hydrogen-bond donors (Lipinski definition) is 1. The Labute approximate surface area is 169 Å². The predicted molar refractivity (Wildman–Crippen MR) is 108 cm³/mol. The molecule has 1 N–H and O–H groups in total. The molecule has 2 aliphatic carbocycles. The molecule has 28 heavy (non-hydrogen) atoms. The lowest BCUT2D eigenvalue weighted by molar-refractivity contribution is -0.121. The number of amides is 1. The first kappa shape index (κ1) is 19.1. The summed E-state index contributed by atoms with van der Waals surface area (Å²) < 4.78 is 5.25. The lowest BCUT2D eigenvalue weighted by atomic mass is 9.70. The first-order valence-electron chi connectivity index (χ1n) is 9.74. The molecule has 6 nitrogen and oxygen atoms in total. The standard InChI is InChI=1S/C21H25ClN4O2/c1-20(2)14-10-11-21(20,3)16(12-14)24-25-17(27)8-9-18-23-19(26-28-18)13-4-6-15(22)7-5-13/h4-7,14H,8-12H2,1-3H3,(H,25,27)/b24-16+/t14-,21-/m1/s1. The molecule has 1 amide bonds. The van der Waals surface area contributed by atoms with E-state index < -0.39 is 0 Å². The summed E-state index contributed by atoms with van der Waals surface area (Å²) in [6.07, 6.45) is 4.02. The molecule has 0 aliphatic heterocycles. The summed E-state index contributed by atoms with van der Waals surface area (Å²) in [6, 6.07) is 7.21. The van der Waals surface area contributed by atoms with Gasteiger partial charge in [-0.15, -0.1) is 0 Å². The number of aromatic nitrogens is 2. The fourth-order valence-corrected chi connectivity index (χ4v) is 4.70. The lowest BCUT2D eigenvalue weighted by Gasteiger charge is -2.34. The normalized spacial score (nSPS) is 26.7. The van der Waals surface area contributed by atoms with Gasteiger partial charge in [-0.3, -0.25) is 4.79 Å². The van der Waals surface area contributed by atoms with E-state index >= 15 is 0 Å². The number of halogens is 1. The molecule has 2 saturated carbocycles. The van der Waals surface area contributed by atoms with Crippen molar-refractivity contribution in [3.63, 3.8) is 0 Å². The van der Waals surface area contributed by atoms with Crippen LogP contribution in [0.5, 0.6) is 0 Å². The van der Waals surface area contributed by atoms with Crippen LogP contribution in [-0.4, -0.2) is 21.8 Å². The highest BCUT2D eigenvalue weighted by molar-refractivity contribution is 6.30. The third kappa shape index (κ3) is 3.24. The number of benzene rings is 1. The molecule has 0 unspecified atom stereocenters.